The van der Waals surface area contributed by atoms with Gasteiger partial charge in [-0.15, -0.1) is 0 Å². The summed E-state index contributed by atoms with van der Waals surface area (Å²) in [6.07, 6.45) is 0.506. The first kappa shape index (κ1) is 17.8. The van der Waals surface area contributed by atoms with Crippen LogP contribution in [0, 0.1) is 0 Å². The molecule has 0 aliphatic heterocycles. The van der Waals surface area contributed by atoms with Gasteiger partial charge in [-0.1, -0.05) is 41.9 Å². The van der Waals surface area contributed by atoms with Crippen LogP contribution in [0.2, 0.25) is 5.02 Å². The van der Waals surface area contributed by atoms with Crippen molar-refractivity contribution in [2.24, 2.45) is 5.73 Å². The Morgan fingerprint density at radius 2 is 1.88 bits per heavy atom. The van der Waals surface area contributed by atoms with Crippen LogP contribution in [0.5, 0.6) is 0 Å². The summed E-state index contributed by atoms with van der Waals surface area (Å²) in [4.78, 5) is 23.2. The van der Waals surface area contributed by atoms with Gasteiger partial charge in [-0.3, -0.25) is 4.79 Å². The summed E-state index contributed by atoms with van der Waals surface area (Å²) in [6.45, 7) is -0.191. The van der Waals surface area contributed by atoms with E-state index in [-0.39, 0.29) is 17.2 Å². The molecule has 0 aliphatic rings. The fourth-order valence-corrected chi connectivity index (χ4v) is 2.48. The highest BCUT2D eigenvalue weighted by Gasteiger charge is 2.13. The van der Waals surface area contributed by atoms with Crippen LogP contribution in [-0.2, 0) is 6.42 Å². The standard InChI is InChI=1S/C17H18ClN3O3/c18-15-9-12(6-7-14(15)16(19)23)20-17(24)21-13(10-22)8-11-4-2-1-3-5-11/h1-7,9,13,22H,8,10H2,(H2,19,23)(H2,20,21,24). The first-order valence-corrected chi connectivity index (χ1v) is 7.69. The molecule has 1 unspecified atom stereocenters. The summed E-state index contributed by atoms with van der Waals surface area (Å²) in [5, 5.41) is 14.9. The number of anilines is 1. The molecule has 24 heavy (non-hydrogen) atoms. The Bertz CT molecular complexity index is 722. The van der Waals surface area contributed by atoms with Crippen molar-refractivity contribution in [2.75, 3.05) is 11.9 Å². The first-order valence-electron chi connectivity index (χ1n) is 7.31. The molecule has 0 fully saturated rings. The van der Waals surface area contributed by atoms with Crippen molar-refractivity contribution >= 4 is 29.2 Å². The lowest BCUT2D eigenvalue weighted by atomic mass is 10.1. The molecule has 0 bridgehead atoms. The number of benzene rings is 2. The number of carbonyl (C=O) groups is 2. The second kappa shape index (κ2) is 8.33. The minimum Gasteiger partial charge on any atom is -0.394 e. The number of hydrogen-bond donors (Lipinski definition) is 4. The number of carbonyl (C=O) groups excluding carboxylic acids is 2. The fourth-order valence-electron chi connectivity index (χ4n) is 2.21. The highest BCUT2D eigenvalue weighted by Crippen LogP contribution is 2.20. The van der Waals surface area contributed by atoms with Crippen LogP contribution < -0.4 is 16.4 Å². The van der Waals surface area contributed by atoms with Gasteiger partial charge < -0.3 is 21.5 Å². The van der Waals surface area contributed by atoms with Crippen LogP contribution in [-0.4, -0.2) is 29.7 Å². The maximum Gasteiger partial charge on any atom is 0.319 e. The van der Waals surface area contributed by atoms with E-state index in [1.807, 2.05) is 30.3 Å². The van der Waals surface area contributed by atoms with Crippen LogP contribution in [0.1, 0.15) is 15.9 Å². The van der Waals surface area contributed by atoms with Crippen molar-refractivity contribution in [2.45, 2.75) is 12.5 Å². The molecule has 5 N–H and O–H groups in total. The Balaban J connectivity index is 1.96. The summed E-state index contributed by atoms with van der Waals surface area (Å²) < 4.78 is 0. The molecule has 1 atom stereocenters. The maximum atomic E-state index is 12.0. The Labute approximate surface area is 144 Å². The third kappa shape index (κ3) is 4.97. The molecular formula is C17H18ClN3O3. The van der Waals surface area contributed by atoms with Gasteiger partial charge in [-0.2, -0.15) is 0 Å². The molecule has 0 heterocycles. The molecule has 0 saturated heterocycles. The van der Waals surface area contributed by atoms with E-state index in [0.717, 1.165) is 5.56 Å². The highest BCUT2D eigenvalue weighted by molar-refractivity contribution is 6.34. The minimum atomic E-state index is -0.640. The zero-order valence-corrected chi connectivity index (χ0v) is 13.6. The van der Waals surface area contributed by atoms with Crippen molar-refractivity contribution in [1.29, 1.82) is 0 Å². The predicted octanol–water partition coefficient (Wildman–Crippen LogP) is 2.16. The van der Waals surface area contributed by atoms with Gasteiger partial charge in [-0.25, -0.2) is 4.79 Å². The van der Waals surface area contributed by atoms with Gasteiger partial charge in [0.15, 0.2) is 0 Å². The molecule has 0 aromatic heterocycles. The third-order valence-electron chi connectivity index (χ3n) is 3.37. The maximum absolute atomic E-state index is 12.0. The van der Waals surface area contributed by atoms with Gasteiger partial charge >= 0.3 is 6.03 Å². The number of primary amides is 1. The molecular weight excluding hydrogens is 330 g/mol. The number of rotatable bonds is 6. The molecule has 6 nitrogen and oxygen atoms in total. The van der Waals surface area contributed by atoms with E-state index >= 15 is 0 Å². The Morgan fingerprint density at radius 1 is 1.17 bits per heavy atom. The lowest BCUT2D eigenvalue weighted by molar-refractivity contribution is 0.100. The lowest BCUT2D eigenvalue weighted by Crippen LogP contribution is -2.41. The normalized spacial score (nSPS) is 11.6. The SMILES string of the molecule is NC(=O)c1ccc(NC(=O)NC(CO)Cc2ccccc2)cc1Cl. The van der Waals surface area contributed by atoms with Crippen LogP contribution in [0.15, 0.2) is 48.5 Å². The van der Waals surface area contributed by atoms with E-state index in [1.54, 1.807) is 0 Å². The molecule has 0 aliphatic carbocycles. The summed E-state index contributed by atoms with van der Waals surface area (Å²) in [6, 6.07) is 13.0. The van der Waals surface area contributed by atoms with Crippen LogP contribution in [0.4, 0.5) is 10.5 Å². The van der Waals surface area contributed by atoms with Gasteiger partial charge in [0.1, 0.15) is 0 Å². The van der Waals surface area contributed by atoms with Gasteiger partial charge in [0.05, 0.1) is 23.2 Å². The van der Waals surface area contributed by atoms with E-state index in [0.29, 0.717) is 12.1 Å². The van der Waals surface area contributed by atoms with Crippen LogP contribution in [0.25, 0.3) is 0 Å². The van der Waals surface area contributed by atoms with E-state index in [4.69, 9.17) is 17.3 Å². The van der Waals surface area contributed by atoms with Crippen molar-refractivity contribution < 1.29 is 14.7 Å². The number of nitrogens with two attached hydrogens (primary N) is 1. The number of hydrogen-bond acceptors (Lipinski definition) is 3. The number of halogens is 1. The highest BCUT2D eigenvalue weighted by atomic mass is 35.5. The summed E-state index contributed by atoms with van der Waals surface area (Å²) >= 11 is 5.94. The molecule has 2 aromatic carbocycles. The molecule has 3 amide bonds. The van der Waals surface area contributed by atoms with Crippen LogP contribution in [0.3, 0.4) is 0 Å². The number of aliphatic hydroxyl groups is 1. The summed E-state index contributed by atoms with van der Waals surface area (Å²) in [5.74, 6) is -0.640. The lowest BCUT2D eigenvalue weighted by Gasteiger charge is -2.17. The molecule has 0 radical (unpaired) electrons. The summed E-state index contributed by atoms with van der Waals surface area (Å²) in [7, 11) is 0. The van der Waals surface area contributed by atoms with Gasteiger partial charge in [0.2, 0.25) is 5.91 Å². The van der Waals surface area contributed by atoms with Gasteiger partial charge in [0.25, 0.3) is 0 Å². The quantitative estimate of drug-likeness (QED) is 0.643. The molecule has 0 saturated carbocycles. The Hall–Kier alpha value is -2.57. The number of amides is 3. The van der Waals surface area contributed by atoms with Crippen LogP contribution >= 0.6 is 11.6 Å². The zero-order chi connectivity index (χ0) is 17.5. The van der Waals surface area contributed by atoms with Crippen molar-refractivity contribution in [1.82, 2.24) is 5.32 Å². The largest absolute Gasteiger partial charge is 0.394 e. The fraction of sp³-hybridized carbons (Fsp3) is 0.176. The van der Waals surface area contributed by atoms with E-state index < -0.39 is 18.0 Å². The molecule has 126 valence electrons. The number of urea groups is 1. The van der Waals surface area contributed by atoms with E-state index in [2.05, 4.69) is 10.6 Å². The predicted molar refractivity (Wildman–Crippen MR) is 93.1 cm³/mol. The van der Waals surface area contributed by atoms with Crippen molar-refractivity contribution in [3.05, 3.63) is 64.7 Å². The number of nitrogens with one attached hydrogen (secondary N) is 2. The summed E-state index contributed by atoms with van der Waals surface area (Å²) in [5.41, 5.74) is 6.77. The van der Waals surface area contributed by atoms with Crippen molar-refractivity contribution in [3.63, 3.8) is 0 Å². The monoisotopic (exact) mass is 347 g/mol. The Kier molecular flexibility index (Phi) is 6.17. The van der Waals surface area contributed by atoms with E-state index in [1.165, 1.54) is 18.2 Å². The van der Waals surface area contributed by atoms with Gasteiger partial charge in [-0.05, 0) is 30.2 Å². The zero-order valence-electron chi connectivity index (χ0n) is 12.8. The van der Waals surface area contributed by atoms with Gasteiger partial charge in [0, 0.05) is 5.69 Å². The number of aliphatic hydroxyl groups excluding tert-OH is 1. The van der Waals surface area contributed by atoms with Crippen molar-refractivity contribution in [3.8, 4) is 0 Å². The topological polar surface area (TPSA) is 104 Å². The third-order valence-corrected chi connectivity index (χ3v) is 3.69. The average molecular weight is 348 g/mol. The smallest absolute Gasteiger partial charge is 0.319 e. The minimum absolute atomic E-state index is 0.156. The molecule has 0 spiro atoms. The second-order valence-corrected chi connectivity index (χ2v) is 5.63. The molecule has 7 heteroatoms. The first-order chi connectivity index (χ1) is 11.5. The Morgan fingerprint density at radius 3 is 2.46 bits per heavy atom. The van der Waals surface area contributed by atoms with E-state index in [9.17, 15) is 14.7 Å². The molecule has 2 rings (SSSR count). The molecule has 2 aromatic rings. The second-order valence-electron chi connectivity index (χ2n) is 5.23. The average Bonchev–Trinajstić information content (AvgIpc) is 2.54.